The van der Waals surface area contributed by atoms with Crippen molar-refractivity contribution in [1.82, 2.24) is 4.90 Å². The molecule has 29 heavy (non-hydrogen) atoms. The smallest absolute Gasteiger partial charge is 0.295 e. The predicted octanol–water partition coefficient (Wildman–Crippen LogP) is 3.56. The zero-order valence-electron chi connectivity index (χ0n) is 15.8. The molecule has 1 aliphatic rings. The van der Waals surface area contributed by atoms with E-state index in [-0.39, 0.29) is 29.3 Å². The highest BCUT2D eigenvalue weighted by Gasteiger charge is 2.46. The van der Waals surface area contributed by atoms with Crippen LogP contribution in [0, 0.1) is 5.82 Å². The number of ketones is 1. The quantitative estimate of drug-likeness (QED) is 0.440. The minimum atomic E-state index is -0.909. The normalized spacial score (nSPS) is 18.3. The van der Waals surface area contributed by atoms with E-state index in [9.17, 15) is 19.1 Å². The van der Waals surface area contributed by atoms with Crippen molar-refractivity contribution in [2.45, 2.75) is 6.04 Å². The lowest BCUT2D eigenvalue weighted by Crippen LogP contribution is -2.32. The Morgan fingerprint density at radius 1 is 1.17 bits per heavy atom. The number of halogens is 2. The third-order valence-corrected chi connectivity index (χ3v) is 5.02. The molecule has 1 heterocycles. The van der Waals surface area contributed by atoms with Gasteiger partial charge in [0, 0.05) is 19.2 Å². The van der Waals surface area contributed by atoms with Gasteiger partial charge in [0.2, 0.25) is 0 Å². The first-order valence-electron chi connectivity index (χ1n) is 8.75. The Morgan fingerprint density at radius 3 is 2.48 bits per heavy atom. The summed E-state index contributed by atoms with van der Waals surface area (Å²) >= 11 is 6.22. The molecule has 2 aromatic carbocycles. The van der Waals surface area contributed by atoms with E-state index in [2.05, 4.69) is 0 Å². The fourth-order valence-electron chi connectivity index (χ4n) is 3.25. The first kappa shape index (κ1) is 20.8. The average Bonchev–Trinajstić information content (AvgIpc) is 2.97. The summed E-state index contributed by atoms with van der Waals surface area (Å²) in [7, 11) is 2.93. The van der Waals surface area contributed by atoms with E-state index in [1.165, 1.54) is 55.5 Å². The lowest BCUT2D eigenvalue weighted by molar-refractivity contribution is -0.140. The molecule has 1 saturated heterocycles. The number of rotatable bonds is 6. The topological polar surface area (TPSA) is 76.1 Å². The van der Waals surface area contributed by atoms with Gasteiger partial charge in [0.15, 0.2) is 0 Å². The summed E-state index contributed by atoms with van der Waals surface area (Å²) in [6.07, 6.45) is 0. The predicted molar refractivity (Wildman–Crippen MR) is 105 cm³/mol. The number of amides is 1. The molecular formula is C21H19ClFNO5. The molecule has 1 amide bonds. The number of hydrogen-bond acceptors (Lipinski definition) is 5. The van der Waals surface area contributed by atoms with Crippen LogP contribution in [0.25, 0.3) is 5.76 Å². The Kier molecular flexibility index (Phi) is 6.20. The van der Waals surface area contributed by atoms with Crippen molar-refractivity contribution in [2.75, 3.05) is 27.4 Å². The van der Waals surface area contributed by atoms with E-state index in [0.29, 0.717) is 11.3 Å². The molecule has 8 heteroatoms. The monoisotopic (exact) mass is 419 g/mol. The highest BCUT2D eigenvalue weighted by molar-refractivity contribution is 6.47. The van der Waals surface area contributed by atoms with E-state index in [0.717, 1.165) is 0 Å². The fraction of sp³-hybridized carbons (Fsp3) is 0.238. The third kappa shape index (κ3) is 3.97. The van der Waals surface area contributed by atoms with Crippen LogP contribution in [0.15, 0.2) is 48.0 Å². The number of carbonyl (C=O) groups excluding carboxylic acids is 2. The number of ether oxygens (including phenoxy) is 2. The Hall–Kier alpha value is -2.90. The first-order valence-corrected chi connectivity index (χ1v) is 9.13. The largest absolute Gasteiger partial charge is 0.507 e. The van der Waals surface area contributed by atoms with Gasteiger partial charge in [-0.1, -0.05) is 23.7 Å². The molecule has 0 aliphatic carbocycles. The van der Waals surface area contributed by atoms with Crippen LogP contribution in [-0.4, -0.2) is 49.1 Å². The summed E-state index contributed by atoms with van der Waals surface area (Å²) in [5.41, 5.74) is 0.498. The molecule has 6 nitrogen and oxygen atoms in total. The van der Waals surface area contributed by atoms with Crippen LogP contribution >= 0.6 is 11.6 Å². The van der Waals surface area contributed by atoms with Crippen molar-refractivity contribution < 1.29 is 28.6 Å². The number of aliphatic hydroxyl groups excluding tert-OH is 1. The molecule has 0 aromatic heterocycles. The van der Waals surface area contributed by atoms with Gasteiger partial charge in [-0.05, 0) is 35.9 Å². The van der Waals surface area contributed by atoms with E-state index < -0.39 is 29.3 Å². The molecule has 0 saturated carbocycles. The van der Waals surface area contributed by atoms with E-state index in [1.807, 2.05) is 0 Å². The van der Waals surface area contributed by atoms with Gasteiger partial charge < -0.3 is 19.5 Å². The fourth-order valence-corrected chi connectivity index (χ4v) is 3.46. The van der Waals surface area contributed by atoms with E-state index in [4.69, 9.17) is 21.1 Å². The first-order chi connectivity index (χ1) is 13.9. The molecule has 1 aliphatic heterocycles. The molecule has 1 fully saturated rings. The number of methoxy groups -OCH3 is 2. The van der Waals surface area contributed by atoms with Gasteiger partial charge in [-0.15, -0.1) is 0 Å². The third-order valence-electron chi connectivity index (χ3n) is 4.69. The number of benzene rings is 2. The maximum atomic E-state index is 13.4. The van der Waals surface area contributed by atoms with Crippen LogP contribution in [0.3, 0.4) is 0 Å². The summed E-state index contributed by atoms with van der Waals surface area (Å²) in [6, 6.07) is 9.07. The summed E-state index contributed by atoms with van der Waals surface area (Å²) < 4.78 is 23.6. The Bertz CT molecular complexity index is 974. The molecule has 0 bridgehead atoms. The molecule has 0 spiro atoms. The molecule has 1 unspecified atom stereocenters. The van der Waals surface area contributed by atoms with Gasteiger partial charge in [0.25, 0.3) is 11.7 Å². The molecule has 152 valence electrons. The van der Waals surface area contributed by atoms with E-state index >= 15 is 0 Å². The maximum absolute atomic E-state index is 13.4. The SMILES string of the molecule is COCCN1C(=O)C(=O)/C(=C(/O)c2cc(OC)ccc2Cl)C1c1ccc(F)cc1. The zero-order valence-corrected chi connectivity index (χ0v) is 16.6. The van der Waals surface area contributed by atoms with Crippen molar-refractivity contribution in [3.8, 4) is 5.75 Å². The van der Waals surface area contributed by atoms with Crippen molar-refractivity contribution in [3.63, 3.8) is 0 Å². The van der Waals surface area contributed by atoms with Gasteiger partial charge >= 0.3 is 0 Å². The number of Topliss-reactive ketones (excluding diaryl/α,β-unsaturated/α-hetero) is 1. The van der Waals surface area contributed by atoms with Crippen LogP contribution in [0.5, 0.6) is 5.75 Å². The van der Waals surface area contributed by atoms with Crippen molar-refractivity contribution in [3.05, 3.63) is 70.0 Å². The molecule has 1 atom stereocenters. The van der Waals surface area contributed by atoms with Crippen molar-refractivity contribution in [1.29, 1.82) is 0 Å². The van der Waals surface area contributed by atoms with Crippen LogP contribution < -0.4 is 4.74 Å². The highest BCUT2D eigenvalue weighted by atomic mass is 35.5. The van der Waals surface area contributed by atoms with Crippen LogP contribution in [0.1, 0.15) is 17.2 Å². The Balaban J connectivity index is 2.20. The summed E-state index contributed by atoms with van der Waals surface area (Å²) in [5, 5.41) is 11.2. The van der Waals surface area contributed by atoms with Gasteiger partial charge in [-0.2, -0.15) is 0 Å². The second-order valence-corrected chi connectivity index (χ2v) is 6.79. The lowest BCUT2D eigenvalue weighted by Gasteiger charge is -2.25. The molecule has 3 rings (SSSR count). The second-order valence-electron chi connectivity index (χ2n) is 6.38. The van der Waals surface area contributed by atoms with Gasteiger partial charge in [-0.25, -0.2) is 4.39 Å². The summed E-state index contributed by atoms with van der Waals surface area (Å²) in [6.45, 7) is 0.302. The van der Waals surface area contributed by atoms with Gasteiger partial charge in [0.1, 0.15) is 17.3 Å². The minimum absolute atomic E-state index is 0.117. The van der Waals surface area contributed by atoms with Gasteiger partial charge in [-0.3, -0.25) is 9.59 Å². The summed E-state index contributed by atoms with van der Waals surface area (Å²) in [4.78, 5) is 26.8. The second kappa shape index (κ2) is 8.63. The highest BCUT2D eigenvalue weighted by Crippen LogP contribution is 2.40. The molecule has 0 radical (unpaired) electrons. The number of aliphatic hydroxyl groups is 1. The number of nitrogens with zero attached hydrogens (tertiary/aromatic N) is 1. The maximum Gasteiger partial charge on any atom is 0.295 e. The number of hydrogen-bond donors (Lipinski definition) is 1. The molecular weight excluding hydrogens is 401 g/mol. The number of likely N-dealkylation sites (tertiary alicyclic amines) is 1. The average molecular weight is 420 g/mol. The Morgan fingerprint density at radius 2 is 1.86 bits per heavy atom. The Labute approximate surface area is 172 Å². The van der Waals surface area contributed by atoms with Crippen molar-refractivity contribution in [2.24, 2.45) is 0 Å². The van der Waals surface area contributed by atoms with E-state index in [1.54, 1.807) is 6.07 Å². The van der Waals surface area contributed by atoms with Crippen LogP contribution in [-0.2, 0) is 14.3 Å². The standard InChI is InChI=1S/C21H19ClFNO5/c1-28-10-9-24-18(12-3-5-13(23)6-4-12)17(20(26)21(24)27)19(25)15-11-14(29-2)7-8-16(15)22/h3-8,11,18,25H,9-10H2,1-2H3/b19-17+. The number of carbonyl (C=O) groups is 2. The molecule has 1 N–H and O–H groups in total. The van der Waals surface area contributed by atoms with Crippen LogP contribution in [0.2, 0.25) is 5.02 Å². The summed E-state index contributed by atoms with van der Waals surface area (Å²) in [5.74, 6) is -2.11. The lowest BCUT2D eigenvalue weighted by atomic mass is 9.95. The molecule has 2 aromatic rings. The van der Waals surface area contributed by atoms with Crippen molar-refractivity contribution >= 4 is 29.1 Å². The minimum Gasteiger partial charge on any atom is -0.507 e. The van der Waals surface area contributed by atoms with Gasteiger partial charge in [0.05, 0.1) is 30.4 Å². The van der Waals surface area contributed by atoms with Crippen LogP contribution in [0.4, 0.5) is 4.39 Å². The zero-order chi connectivity index (χ0) is 21.1.